The first-order chi connectivity index (χ1) is 10.7. The van der Waals surface area contributed by atoms with E-state index in [1.165, 1.54) is 7.11 Å². The molecule has 1 N–H and O–H groups in total. The number of rotatable bonds is 9. The molecule has 1 unspecified atom stereocenters. The second-order valence-electron chi connectivity index (χ2n) is 6.54. The highest BCUT2D eigenvalue weighted by molar-refractivity contribution is 7.09. The van der Waals surface area contributed by atoms with Crippen LogP contribution in [0.15, 0.2) is 5.51 Å². The molecule has 1 rings (SSSR count). The number of hydrogen-bond acceptors (Lipinski definition) is 6. The summed E-state index contributed by atoms with van der Waals surface area (Å²) in [5, 5.41) is 10.9. The predicted molar refractivity (Wildman–Crippen MR) is 90.6 cm³/mol. The van der Waals surface area contributed by atoms with E-state index in [4.69, 9.17) is 0 Å². The third-order valence-corrected chi connectivity index (χ3v) is 5.06. The number of hydrogen-bond donors (Lipinski definition) is 1. The summed E-state index contributed by atoms with van der Waals surface area (Å²) in [6, 6.07) is 0. The third-order valence-electron chi connectivity index (χ3n) is 4.15. The Kier molecular flexibility index (Phi) is 7.35. The number of thiazole rings is 1. The maximum absolute atomic E-state index is 12.0. The van der Waals surface area contributed by atoms with Crippen LogP contribution in [-0.4, -0.2) is 34.6 Å². The summed E-state index contributed by atoms with van der Waals surface area (Å²) in [5.41, 5.74) is 1.76. The first-order valence-corrected chi connectivity index (χ1v) is 8.80. The summed E-state index contributed by atoms with van der Waals surface area (Å²) in [5.74, 6) is -0.601. The molecule has 0 spiro atoms. The molecule has 1 heterocycles. The van der Waals surface area contributed by atoms with Crippen molar-refractivity contribution < 1.29 is 19.4 Å². The van der Waals surface area contributed by atoms with E-state index >= 15 is 0 Å². The summed E-state index contributed by atoms with van der Waals surface area (Å²) in [6.45, 7) is 7.96. The van der Waals surface area contributed by atoms with Gasteiger partial charge in [0.05, 0.1) is 23.9 Å². The van der Waals surface area contributed by atoms with Crippen molar-refractivity contribution >= 4 is 23.1 Å². The van der Waals surface area contributed by atoms with Crippen LogP contribution in [0.3, 0.4) is 0 Å². The lowest BCUT2D eigenvalue weighted by Gasteiger charge is -2.31. The predicted octanol–water partition coefficient (Wildman–Crippen LogP) is 3.11. The van der Waals surface area contributed by atoms with E-state index in [9.17, 15) is 14.7 Å². The number of aryl methyl sites for hydroxylation is 1. The molecular weight excluding hydrogens is 314 g/mol. The van der Waals surface area contributed by atoms with Gasteiger partial charge < -0.3 is 9.84 Å². The Balaban J connectivity index is 2.75. The van der Waals surface area contributed by atoms with Gasteiger partial charge in [-0.15, -0.1) is 11.3 Å². The summed E-state index contributed by atoms with van der Waals surface area (Å²) < 4.78 is 4.51. The molecule has 1 aromatic heterocycles. The standard InChI is InChI=1S/C17H27NO4S/c1-11(2)16-14(23-10-18-16)6-7-17(21,12(3)4)9-13(19)8-15(20)22-5/h10-12,21H,6-9H2,1-5H3. The SMILES string of the molecule is COC(=O)CC(=O)CC(O)(CCc1scnc1C(C)C)C(C)C. The Morgan fingerprint density at radius 3 is 2.52 bits per heavy atom. The van der Waals surface area contributed by atoms with Crippen molar-refractivity contribution in [1.82, 2.24) is 4.98 Å². The molecule has 0 saturated carbocycles. The number of aromatic nitrogens is 1. The highest BCUT2D eigenvalue weighted by Crippen LogP contribution is 2.31. The molecule has 0 radical (unpaired) electrons. The highest BCUT2D eigenvalue weighted by Gasteiger charge is 2.34. The van der Waals surface area contributed by atoms with E-state index in [0.29, 0.717) is 18.8 Å². The molecule has 0 aliphatic heterocycles. The summed E-state index contributed by atoms with van der Waals surface area (Å²) in [6.07, 6.45) is 0.830. The maximum Gasteiger partial charge on any atom is 0.313 e. The zero-order chi connectivity index (χ0) is 17.6. The van der Waals surface area contributed by atoms with Crippen molar-refractivity contribution in [2.75, 3.05) is 7.11 Å². The van der Waals surface area contributed by atoms with E-state index in [2.05, 4.69) is 23.6 Å². The molecule has 0 bridgehead atoms. The lowest BCUT2D eigenvalue weighted by atomic mass is 9.81. The first kappa shape index (κ1) is 19.8. The van der Waals surface area contributed by atoms with Gasteiger partial charge in [-0.3, -0.25) is 9.59 Å². The van der Waals surface area contributed by atoms with Crippen molar-refractivity contribution in [3.05, 3.63) is 16.1 Å². The molecule has 0 saturated heterocycles. The van der Waals surface area contributed by atoms with E-state index in [-0.39, 0.29) is 24.5 Å². The molecule has 130 valence electrons. The first-order valence-electron chi connectivity index (χ1n) is 7.92. The number of aliphatic hydroxyl groups is 1. The number of esters is 1. The lowest BCUT2D eigenvalue weighted by Crippen LogP contribution is -2.38. The number of carbonyl (C=O) groups is 2. The van der Waals surface area contributed by atoms with Crippen LogP contribution in [0.25, 0.3) is 0 Å². The summed E-state index contributed by atoms with van der Waals surface area (Å²) >= 11 is 1.58. The Bertz CT molecular complexity index is 538. The Morgan fingerprint density at radius 1 is 1.35 bits per heavy atom. The summed E-state index contributed by atoms with van der Waals surface area (Å²) in [7, 11) is 1.25. The largest absolute Gasteiger partial charge is 0.469 e. The van der Waals surface area contributed by atoms with Gasteiger partial charge in [0.2, 0.25) is 0 Å². The average molecular weight is 341 g/mol. The van der Waals surface area contributed by atoms with Crippen molar-refractivity contribution in [3.8, 4) is 0 Å². The molecule has 1 aromatic rings. The van der Waals surface area contributed by atoms with Crippen molar-refractivity contribution in [3.63, 3.8) is 0 Å². The number of carbonyl (C=O) groups excluding carboxylic acids is 2. The van der Waals surface area contributed by atoms with Gasteiger partial charge in [0.1, 0.15) is 12.2 Å². The molecule has 0 aromatic carbocycles. The van der Waals surface area contributed by atoms with Crippen LogP contribution in [0.2, 0.25) is 0 Å². The van der Waals surface area contributed by atoms with Crippen LogP contribution >= 0.6 is 11.3 Å². The van der Waals surface area contributed by atoms with Gasteiger partial charge in [-0.05, 0) is 24.7 Å². The quantitative estimate of drug-likeness (QED) is 0.552. The monoisotopic (exact) mass is 341 g/mol. The fourth-order valence-corrected chi connectivity index (χ4v) is 3.41. The Labute approximate surface area is 142 Å². The molecule has 0 aliphatic carbocycles. The van der Waals surface area contributed by atoms with Gasteiger partial charge in [0, 0.05) is 11.3 Å². The molecular formula is C17H27NO4S. The summed E-state index contributed by atoms with van der Waals surface area (Å²) in [4.78, 5) is 28.7. The van der Waals surface area contributed by atoms with Gasteiger partial charge in [0.25, 0.3) is 0 Å². The third kappa shape index (κ3) is 5.70. The molecule has 0 fully saturated rings. The highest BCUT2D eigenvalue weighted by atomic mass is 32.1. The lowest BCUT2D eigenvalue weighted by molar-refractivity contribution is -0.144. The second-order valence-corrected chi connectivity index (χ2v) is 7.48. The van der Waals surface area contributed by atoms with Gasteiger partial charge in [-0.2, -0.15) is 0 Å². The maximum atomic E-state index is 12.0. The van der Waals surface area contributed by atoms with E-state index in [1.807, 2.05) is 19.4 Å². The van der Waals surface area contributed by atoms with Crippen LogP contribution in [0.5, 0.6) is 0 Å². The number of methoxy groups -OCH3 is 1. The number of Topliss-reactive ketones (excluding diaryl/α,β-unsaturated/α-hetero) is 1. The van der Waals surface area contributed by atoms with Crippen molar-refractivity contribution in [2.24, 2.45) is 5.92 Å². The minimum absolute atomic E-state index is 0.0322. The zero-order valence-corrected chi connectivity index (χ0v) is 15.4. The topological polar surface area (TPSA) is 76.5 Å². The number of ether oxygens (including phenoxy) is 1. The molecule has 23 heavy (non-hydrogen) atoms. The van der Waals surface area contributed by atoms with Gasteiger partial charge >= 0.3 is 5.97 Å². The van der Waals surface area contributed by atoms with Crippen molar-refractivity contribution in [2.45, 2.75) is 64.9 Å². The average Bonchev–Trinajstić information content (AvgIpc) is 2.93. The smallest absolute Gasteiger partial charge is 0.313 e. The van der Waals surface area contributed by atoms with E-state index < -0.39 is 11.6 Å². The Morgan fingerprint density at radius 2 is 2.00 bits per heavy atom. The number of nitrogens with zero attached hydrogens (tertiary/aromatic N) is 1. The van der Waals surface area contributed by atoms with Crippen LogP contribution < -0.4 is 0 Å². The Hall–Kier alpha value is -1.27. The molecule has 0 aliphatic rings. The number of ketones is 1. The van der Waals surface area contributed by atoms with Crippen LogP contribution in [0.4, 0.5) is 0 Å². The van der Waals surface area contributed by atoms with Crippen LogP contribution in [0, 0.1) is 5.92 Å². The zero-order valence-electron chi connectivity index (χ0n) is 14.6. The van der Waals surface area contributed by atoms with Crippen LogP contribution in [-0.2, 0) is 20.7 Å². The minimum Gasteiger partial charge on any atom is -0.469 e. The van der Waals surface area contributed by atoms with Gasteiger partial charge in [0.15, 0.2) is 0 Å². The molecule has 5 nitrogen and oxygen atoms in total. The second kappa shape index (κ2) is 8.55. The molecule has 0 amide bonds. The van der Waals surface area contributed by atoms with E-state index in [1.54, 1.807) is 11.3 Å². The molecule has 1 atom stereocenters. The molecule has 6 heteroatoms. The van der Waals surface area contributed by atoms with Gasteiger partial charge in [-0.1, -0.05) is 27.7 Å². The van der Waals surface area contributed by atoms with Gasteiger partial charge in [-0.25, -0.2) is 4.98 Å². The van der Waals surface area contributed by atoms with Crippen LogP contribution in [0.1, 0.15) is 63.4 Å². The fourth-order valence-electron chi connectivity index (χ4n) is 2.49. The normalized spacial score (nSPS) is 14.1. The fraction of sp³-hybridized carbons (Fsp3) is 0.706. The van der Waals surface area contributed by atoms with E-state index in [0.717, 1.165) is 10.6 Å². The minimum atomic E-state index is -1.12. The van der Waals surface area contributed by atoms with Crippen molar-refractivity contribution in [1.29, 1.82) is 0 Å².